The average Bonchev–Trinajstić information content (AvgIpc) is 2.92. The van der Waals surface area contributed by atoms with Gasteiger partial charge in [-0.05, 0) is 41.6 Å². The first-order valence-corrected chi connectivity index (χ1v) is 9.42. The summed E-state index contributed by atoms with van der Waals surface area (Å²) in [5.41, 5.74) is 2.06. The Kier molecular flexibility index (Phi) is 8.13. The van der Waals surface area contributed by atoms with Crippen molar-refractivity contribution >= 4 is 51.3 Å². The van der Waals surface area contributed by atoms with Gasteiger partial charge in [0.2, 0.25) is 10.0 Å². The predicted octanol–water partition coefficient (Wildman–Crippen LogP) is 2.19. The van der Waals surface area contributed by atoms with Crippen molar-refractivity contribution in [3.63, 3.8) is 0 Å². The smallest absolute Gasteiger partial charge is 0.238 e. The van der Waals surface area contributed by atoms with Gasteiger partial charge < -0.3 is 10.6 Å². The Morgan fingerprint density at radius 2 is 1.96 bits per heavy atom. The zero-order valence-corrected chi connectivity index (χ0v) is 17.4. The Hall–Kier alpha value is -1.17. The van der Waals surface area contributed by atoms with Gasteiger partial charge in [-0.15, -0.1) is 35.3 Å². The fourth-order valence-corrected chi connectivity index (χ4v) is 3.42. The van der Waals surface area contributed by atoms with Crippen molar-refractivity contribution in [1.82, 2.24) is 10.6 Å². The number of nitrogens with two attached hydrogens (primary N) is 1. The summed E-state index contributed by atoms with van der Waals surface area (Å²) in [5, 5.41) is 13.6. The molecule has 24 heavy (non-hydrogen) atoms. The molecule has 0 unspecified atom stereocenters. The van der Waals surface area contributed by atoms with Crippen molar-refractivity contribution in [3.05, 3.63) is 51.7 Å². The number of aryl methyl sites for hydroxylation is 1. The number of thiophene rings is 1. The van der Waals surface area contributed by atoms with Crippen molar-refractivity contribution in [2.75, 3.05) is 7.05 Å². The molecular weight excluding hydrogens is 459 g/mol. The van der Waals surface area contributed by atoms with Gasteiger partial charge in [0.25, 0.3) is 0 Å². The molecule has 2 aromatic rings. The lowest BCUT2D eigenvalue weighted by Gasteiger charge is -2.12. The maximum absolute atomic E-state index is 11.4. The molecular formula is C15H21IN4O2S2. The van der Waals surface area contributed by atoms with Crippen LogP contribution in [0, 0.1) is 6.92 Å². The molecule has 0 saturated carbocycles. The summed E-state index contributed by atoms with van der Waals surface area (Å²) in [6, 6.07) is 8.61. The van der Waals surface area contributed by atoms with Crippen LogP contribution in [0.5, 0.6) is 0 Å². The Labute approximate surface area is 163 Å². The average molecular weight is 480 g/mol. The summed E-state index contributed by atoms with van der Waals surface area (Å²) >= 11 is 1.70. The first kappa shape index (κ1) is 20.9. The number of aliphatic imine (C=N–C) groups is 1. The molecule has 0 radical (unpaired) electrons. The minimum atomic E-state index is -3.69. The molecule has 0 aliphatic heterocycles. The van der Waals surface area contributed by atoms with Crippen molar-refractivity contribution < 1.29 is 8.42 Å². The zero-order valence-electron chi connectivity index (χ0n) is 13.4. The van der Waals surface area contributed by atoms with E-state index in [1.165, 1.54) is 16.5 Å². The van der Waals surface area contributed by atoms with E-state index in [1.807, 2.05) is 6.07 Å². The van der Waals surface area contributed by atoms with Crippen LogP contribution in [0.15, 0.2) is 45.6 Å². The number of nitrogens with zero attached hydrogens (tertiary/aromatic N) is 1. The molecule has 0 atom stereocenters. The zero-order chi connectivity index (χ0) is 16.9. The molecule has 0 bridgehead atoms. The largest absolute Gasteiger partial charge is 0.352 e. The number of primary sulfonamides is 1. The number of nitrogens with one attached hydrogen (secondary N) is 2. The fourth-order valence-electron chi connectivity index (χ4n) is 1.99. The second-order valence-electron chi connectivity index (χ2n) is 5.00. The SMILES string of the molecule is CN=C(NCc1cccc(S(N)(=O)=O)c1)NCc1sccc1C.I. The van der Waals surface area contributed by atoms with Gasteiger partial charge in [0, 0.05) is 18.5 Å². The summed E-state index contributed by atoms with van der Waals surface area (Å²) in [6.45, 7) is 3.22. The van der Waals surface area contributed by atoms with Crippen molar-refractivity contribution in [2.45, 2.75) is 24.9 Å². The lowest BCUT2D eigenvalue weighted by molar-refractivity contribution is 0.597. The number of hydrogen-bond acceptors (Lipinski definition) is 4. The van der Waals surface area contributed by atoms with E-state index in [4.69, 9.17) is 5.14 Å². The van der Waals surface area contributed by atoms with Crippen LogP contribution in [0.1, 0.15) is 16.0 Å². The first-order chi connectivity index (χ1) is 10.9. The molecule has 0 spiro atoms. The highest BCUT2D eigenvalue weighted by atomic mass is 127. The van der Waals surface area contributed by atoms with Crippen molar-refractivity contribution in [3.8, 4) is 0 Å². The highest BCUT2D eigenvalue weighted by Gasteiger charge is 2.08. The second-order valence-corrected chi connectivity index (χ2v) is 7.56. The highest BCUT2D eigenvalue weighted by molar-refractivity contribution is 14.0. The monoisotopic (exact) mass is 480 g/mol. The van der Waals surface area contributed by atoms with Crippen LogP contribution in [-0.2, 0) is 23.1 Å². The van der Waals surface area contributed by atoms with Crippen LogP contribution in [0.3, 0.4) is 0 Å². The minimum absolute atomic E-state index is 0. The third-order valence-electron chi connectivity index (χ3n) is 3.30. The number of guanidine groups is 1. The van der Waals surface area contributed by atoms with Crippen LogP contribution in [0.4, 0.5) is 0 Å². The standard InChI is InChI=1S/C15H20N4O2S2.HI/c1-11-6-7-22-14(11)10-19-15(17-2)18-9-12-4-3-5-13(8-12)23(16,20)21;/h3-8H,9-10H2,1-2H3,(H2,16,20,21)(H2,17,18,19);1H. The summed E-state index contributed by atoms with van der Waals surface area (Å²) in [6.07, 6.45) is 0. The molecule has 0 amide bonds. The maximum atomic E-state index is 11.4. The molecule has 1 aromatic carbocycles. The Bertz CT molecular complexity index is 803. The topological polar surface area (TPSA) is 96.6 Å². The van der Waals surface area contributed by atoms with Crippen LogP contribution >= 0.6 is 35.3 Å². The third kappa shape index (κ3) is 6.04. The number of benzene rings is 1. The van der Waals surface area contributed by atoms with Gasteiger partial charge in [0.05, 0.1) is 11.4 Å². The van der Waals surface area contributed by atoms with Crippen molar-refractivity contribution in [1.29, 1.82) is 0 Å². The van der Waals surface area contributed by atoms with Crippen LogP contribution < -0.4 is 15.8 Å². The number of sulfonamides is 1. The third-order valence-corrected chi connectivity index (χ3v) is 5.23. The van der Waals surface area contributed by atoms with Crippen LogP contribution in [0.2, 0.25) is 0 Å². The Balaban J connectivity index is 0.00000288. The lowest BCUT2D eigenvalue weighted by Crippen LogP contribution is -2.36. The Morgan fingerprint density at radius 1 is 1.25 bits per heavy atom. The second kappa shape index (κ2) is 9.35. The first-order valence-electron chi connectivity index (χ1n) is 6.99. The van der Waals surface area contributed by atoms with E-state index in [2.05, 4.69) is 34.0 Å². The van der Waals surface area contributed by atoms with E-state index >= 15 is 0 Å². The van der Waals surface area contributed by atoms with Crippen LogP contribution in [-0.4, -0.2) is 21.4 Å². The molecule has 132 valence electrons. The van der Waals surface area contributed by atoms with Crippen LogP contribution in [0.25, 0.3) is 0 Å². The minimum Gasteiger partial charge on any atom is -0.352 e. The lowest BCUT2D eigenvalue weighted by atomic mass is 10.2. The van der Waals surface area contributed by atoms with Gasteiger partial charge in [-0.2, -0.15) is 0 Å². The normalized spacial score (nSPS) is 11.7. The van der Waals surface area contributed by atoms with Gasteiger partial charge in [0.1, 0.15) is 0 Å². The van der Waals surface area contributed by atoms with E-state index in [-0.39, 0.29) is 28.9 Å². The predicted molar refractivity (Wildman–Crippen MR) is 109 cm³/mol. The summed E-state index contributed by atoms with van der Waals surface area (Å²) in [7, 11) is -1.99. The molecule has 0 saturated heterocycles. The molecule has 0 fully saturated rings. The fraction of sp³-hybridized carbons (Fsp3) is 0.267. The van der Waals surface area contributed by atoms with Gasteiger partial charge in [0.15, 0.2) is 5.96 Å². The molecule has 1 aromatic heterocycles. The summed E-state index contributed by atoms with van der Waals surface area (Å²) in [5.74, 6) is 0.652. The molecule has 0 aliphatic rings. The van der Waals surface area contributed by atoms with E-state index in [9.17, 15) is 8.42 Å². The van der Waals surface area contributed by atoms with E-state index in [1.54, 1.807) is 30.5 Å². The molecule has 0 aliphatic carbocycles. The quantitative estimate of drug-likeness (QED) is 0.347. The van der Waals surface area contributed by atoms with Crippen molar-refractivity contribution in [2.24, 2.45) is 10.1 Å². The van der Waals surface area contributed by atoms with E-state index in [0.29, 0.717) is 19.0 Å². The maximum Gasteiger partial charge on any atom is 0.238 e. The number of hydrogen-bond donors (Lipinski definition) is 3. The summed E-state index contributed by atoms with van der Waals surface area (Å²) in [4.78, 5) is 5.52. The highest BCUT2D eigenvalue weighted by Crippen LogP contribution is 2.14. The van der Waals surface area contributed by atoms with Gasteiger partial charge in [-0.1, -0.05) is 12.1 Å². The van der Waals surface area contributed by atoms with Gasteiger partial charge >= 0.3 is 0 Å². The van der Waals surface area contributed by atoms with E-state index in [0.717, 1.165) is 5.56 Å². The molecule has 6 nitrogen and oxygen atoms in total. The summed E-state index contributed by atoms with van der Waals surface area (Å²) < 4.78 is 22.7. The molecule has 4 N–H and O–H groups in total. The Morgan fingerprint density at radius 3 is 2.54 bits per heavy atom. The number of rotatable bonds is 5. The molecule has 9 heteroatoms. The van der Waals surface area contributed by atoms with E-state index < -0.39 is 10.0 Å². The molecule has 1 heterocycles. The van der Waals surface area contributed by atoms with Gasteiger partial charge in [-0.3, -0.25) is 4.99 Å². The van der Waals surface area contributed by atoms with Gasteiger partial charge in [-0.25, -0.2) is 13.6 Å². The molecule has 2 rings (SSSR count). The number of halogens is 1.